The Hall–Kier alpha value is -1.02. The van der Waals surface area contributed by atoms with Gasteiger partial charge in [-0.25, -0.2) is 12.8 Å². The summed E-state index contributed by atoms with van der Waals surface area (Å²) in [6.45, 7) is 8.78. The summed E-state index contributed by atoms with van der Waals surface area (Å²) in [6.07, 6.45) is 1.29. The van der Waals surface area contributed by atoms with Crippen molar-refractivity contribution in [3.8, 4) is 0 Å². The zero-order chi connectivity index (χ0) is 17.5. The van der Waals surface area contributed by atoms with Gasteiger partial charge in [-0.3, -0.25) is 9.80 Å². The van der Waals surface area contributed by atoms with Crippen molar-refractivity contribution < 1.29 is 12.8 Å². The Balaban J connectivity index is 1.71. The number of hydrogen-bond acceptors (Lipinski definition) is 4. The topological polar surface area (TPSA) is 43.9 Å². The lowest BCUT2D eigenvalue weighted by molar-refractivity contribution is -0.0448. The van der Waals surface area contributed by atoms with E-state index in [2.05, 4.69) is 23.6 Å². The summed E-state index contributed by atoms with van der Waals surface area (Å²) in [6, 6.07) is 6.80. The number of sulfonamides is 1. The van der Waals surface area contributed by atoms with Gasteiger partial charge >= 0.3 is 0 Å². The summed E-state index contributed by atoms with van der Waals surface area (Å²) in [4.78, 5) is 4.77. The summed E-state index contributed by atoms with van der Waals surface area (Å²) in [5, 5.41) is 0. The maximum atomic E-state index is 13.0. The maximum absolute atomic E-state index is 13.0. The molecule has 5 nitrogen and oxygen atoms in total. The molecule has 7 heteroatoms. The normalized spacial score (nSPS) is 26.2. The number of benzene rings is 1. The lowest BCUT2D eigenvalue weighted by atomic mass is 9.94. The number of nitrogens with zero attached hydrogens (tertiary/aromatic N) is 3. The van der Waals surface area contributed by atoms with Crippen LogP contribution >= 0.6 is 0 Å². The Labute approximate surface area is 144 Å². The molecule has 1 aromatic rings. The molecule has 2 heterocycles. The van der Waals surface area contributed by atoms with Gasteiger partial charge in [-0.15, -0.1) is 0 Å². The minimum Gasteiger partial charge on any atom is -0.296 e. The molecule has 1 unspecified atom stereocenters. The van der Waals surface area contributed by atoms with Gasteiger partial charge in [0.25, 0.3) is 0 Å². The number of rotatable bonds is 3. The van der Waals surface area contributed by atoms with Crippen LogP contribution in [-0.4, -0.2) is 73.1 Å². The lowest BCUT2D eigenvalue weighted by Crippen LogP contribution is -2.70. The Morgan fingerprint density at radius 3 is 2.46 bits per heavy atom. The second kappa shape index (κ2) is 6.37. The molecular formula is C17H26FN3O2S. The molecule has 0 radical (unpaired) electrons. The van der Waals surface area contributed by atoms with Gasteiger partial charge in [-0.1, -0.05) is 12.1 Å². The highest BCUT2D eigenvalue weighted by molar-refractivity contribution is 7.88. The van der Waals surface area contributed by atoms with E-state index in [0.717, 1.165) is 31.7 Å². The highest BCUT2D eigenvalue weighted by Crippen LogP contribution is 2.29. The van der Waals surface area contributed by atoms with Crippen molar-refractivity contribution in [1.29, 1.82) is 0 Å². The molecule has 0 saturated carbocycles. The highest BCUT2D eigenvalue weighted by atomic mass is 32.2. The first-order valence-electron chi connectivity index (χ1n) is 8.34. The Bertz CT molecular complexity index is 690. The first-order chi connectivity index (χ1) is 11.1. The fraction of sp³-hybridized carbons (Fsp3) is 0.647. The van der Waals surface area contributed by atoms with E-state index in [1.165, 1.54) is 18.4 Å². The smallest absolute Gasteiger partial charge is 0.211 e. The third-order valence-corrected chi connectivity index (χ3v) is 6.33. The molecule has 134 valence electrons. The Morgan fingerprint density at radius 1 is 1.17 bits per heavy atom. The molecule has 2 saturated heterocycles. The zero-order valence-corrected chi connectivity index (χ0v) is 15.4. The third kappa shape index (κ3) is 3.79. The van der Waals surface area contributed by atoms with E-state index in [9.17, 15) is 12.8 Å². The van der Waals surface area contributed by atoms with Crippen molar-refractivity contribution in [2.45, 2.75) is 32.0 Å². The lowest BCUT2D eigenvalue weighted by Gasteiger charge is -2.55. The molecule has 2 fully saturated rings. The number of halogens is 1. The van der Waals surface area contributed by atoms with Crippen molar-refractivity contribution >= 4 is 10.0 Å². The summed E-state index contributed by atoms with van der Waals surface area (Å²) in [5.41, 5.74) is 0.924. The Kier molecular flexibility index (Phi) is 4.72. The SMILES string of the molecule is CC1(C)CN(S(C)(=O)=O)CC2CN(Cc3ccc(F)cc3)CCN21. The van der Waals surface area contributed by atoms with Crippen LogP contribution in [0.25, 0.3) is 0 Å². The summed E-state index contributed by atoms with van der Waals surface area (Å²) in [7, 11) is -3.18. The van der Waals surface area contributed by atoms with Crippen molar-refractivity contribution in [2.24, 2.45) is 0 Å². The summed E-state index contributed by atoms with van der Waals surface area (Å²) in [5.74, 6) is -0.221. The molecule has 1 atom stereocenters. The van der Waals surface area contributed by atoms with Crippen molar-refractivity contribution in [3.63, 3.8) is 0 Å². The molecule has 2 aliphatic heterocycles. The van der Waals surface area contributed by atoms with Crippen LogP contribution in [0.4, 0.5) is 4.39 Å². The van der Waals surface area contributed by atoms with Gasteiger partial charge in [0.05, 0.1) is 6.26 Å². The second-order valence-corrected chi connectivity index (χ2v) is 9.56. The zero-order valence-electron chi connectivity index (χ0n) is 14.6. The van der Waals surface area contributed by atoms with Crippen LogP contribution in [0.2, 0.25) is 0 Å². The molecule has 0 N–H and O–H groups in total. The average Bonchev–Trinajstić information content (AvgIpc) is 2.47. The first-order valence-corrected chi connectivity index (χ1v) is 10.2. The van der Waals surface area contributed by atoms with Gasteiger partial charge in [0.1, 0.15) is 5.82 Å². The van der Waals surface area contributed by atoms with Crippen molar-refractivity contribution in [3.05, 3.63) is 35.6 Å². The minimum absolute atomic E-state index is 0.159. The summed E-state index contributed by atoms with van der Waals surface area (Å²) >= 11 is 0. The first kappa shape index (κ1) is 17.8. The fourth-order valence-corrected chi connectivity index (χ4v) is 4.93. The van der Waals surface area contributed by atoms with Crippen LogP contribution in [0.3, 0.4) is 0 Å². The van der Waals surface area contributed by atoms with E-state index in [1.807, 2.05) is 12.1 Å². The van der Waals surface area contributed by atoms with E-state index in [1.54, 1.807) is 4.31 Å². The molecule has 1 aromatic carbocycles. The highest BCUT2D eigenvalue weighted by Gasteiger charge is 2.44. The van der Waals surface area contributed by atoms with Crippen LogP contribution in [0.5, 0.6) is 0 Å². The predicted octanol–water partition coefficient (Wildman–Crippen LogP) is 1.37. The van der Waals surface area contributed by atoms with Gasteiger partial charge in [0.15, 0.2) is 0 Å². The van der Waals surface area contributed by atoms with E-state index in [0.29, 0.717) is 13.1 Å². The van der Waals surface area contributed by atoms with Crippen LogP contribution in [-0.2, 0) is 16.6 Å². The molecule has 0 bridgehead atoms. The number of piperazine rings is 2. The van der Waals surface area contributed by atoms with Crippen LogP contribution in [0.1, 0.15) is 19.4 Å². The largest absolute Gasteiger partial charge is 0.296 e. The molecule has 0 aromatic heterocycles. The van der Waals surface area contributed by atoms with E-state index >= 15 is 0 Å². The third-order valence-electron chi connectivity index (χ3n) is 5.11. The van der Waals surface area contributed by atoms with Crippen molar-refractivity contribution in [1.82, 2.24) is 14.1 Å². The van der Waals surface area contributed by atoms with Gasteiger partial charge in [-0.2, -0.15) is 4.31 Å². The molecule has 2 aliphatic rings. The molecule has 0 aliphatic carbocycles. The van der Waals surface area contributed by atoms with Crippen LogP contribution < -0.4 is 0 Å². The van der Waals surface area contributed by atoms with Gasteiger partial charge < -0.3 is 0 Å². The van der Waals surface area contributed by atoms with Crippen LogP contribution in [0.15, 0.2) is 24.3 Å². The number of hydrogen-bond donors (Lipinski definition) is 0. The van der Waals surface area contributed by atoms with Crippen molar-refractivity contribution in [2.75, 3.05) is 39.0 Å². The molecule has 3 rings (SSSR count). The maximum Gasteiger partial charge on any atom is 0.211 e. The van der Waals surface area contributed by atoms with Crippen LogP contribution in [0, 0.1) is 5.82 Å². The quantitative estimate of drug-likeness (QED) is 0.821. The average molecular weight is 355 g/mol. The fourth-order valence-electron chi connectivity index (χ4n) is 3.94. The Morgan fingerprint density at radius 2 is 1.83 bits per heavy atom. The van der Waals surface area contributed by atoms with E-state index < -0.39 is 10.0 Å². The van der Waals surface area contributed by atoms with E-state index in [-0.39, 0.29) is 17.4 Å². The second-order valence-electron chi connectivity index (χ2n) is 7.58. The standard InChI is InChI=1S/C17H26FN3O2S/c1-17(2)13-20(24(3,22)23)12-16-11-19(8-9-21(16)17)10-14-4-6-15(18)7-5-14/h4-7,16H,8-13H2,1-3H3. The van der Waals surface area contributed by atoms with Gasteiger partial charge in [0, 0.05) is 50.8 Å². The predicted molar refractivity (Wildman–Crippen MR) is 92.7 cm³/mol. The molecule has 0 spiro atoms. The molecule has 0 amide bonds. The molecule has 24 heavy (non-hydrogen) atoms. The monoisotopic (exact) mass is 355 g/mol. The number of fused-ring (bicyclic) bond motifs is 1. The van der Waals surface area contributed by atoms with Gasteiger partial charge in [0.2, 0.25) is 10.0 Å². The minimum atomic E-state index is -3.18. The molecular weight excluding hydrogens is 329 g/mol. The van der Waals surface area contributed by atoms with Gasteiger partial charge in [-0.05, 0) is 31.5 Å². The van der Waals surface area contributed by atoms with E-state index in [4.69, 9.17) is 0 Å². The summed E-state index contributed by atoms with van der Waals surface area (Å²) < 4.78 is 38.7.